The third-order valence-corrected chi connectivity index (χ3v) is 1.99. The number of esters is 1. The minimum Gasteiger partial charge on any atom is -0.467 e. The molecule has 0 saturated heterocycles. The van der Waals surface area contributed by atoms with Gasteiger partial charge in [-0.05, 0) is 24.6 Å². The lowest BCUT2D eigenvalue weighted by Gasteiger charge is -2.20. The molecule has 76 valence electrons. The standard InChI is InChI=1S/C10H11FO3/c1-10(13,9(12)14-2)7-3-5-8(11)6-4-7/h3-6,13H,1-2H3. The van der Waals surface area contributed by atoms with Crippen molar-refractivity contribution in [2.45, 2.75) is 12.5 Å². The van der Waals surface area contributed by atoms with Crippen LogP contribution in [0.25, 0.3) is 0 Å². The minimum absolute atomic E-state index is 0.297. The number of benzene rings is 1. The first-order valence-corrected chi connectivity index (χ1v) is 4.05. The SMILES string of the molecule is COC(=O)C(C)(O)c1ccc(F)cc1. The molecule has 0 fully saturated rings. The average molecular weight is 198 g/mol. The molecule has 1 N–H and O–H groups in total. The minimum atomic E-state index is -1.73. The first-order valence-electron chi connectivity index (χ1n) is 4.05. The number of ether oxygens (including phenoxy) is 1. The Hall–Kier alpha value is -1.42. The van der Waals surface area contributed by atoms with Crippen LogP contribution in [-0.2, 0) is 15.1 Å². The van der Waals surface area contributed by atoms with E-state index in [4.69, 9.17) is 0 Å². The molecule has 1 aromatic rings. The molecule has 0 aliphatic carbocycles. The summed E-state index contributed by atoms with van der Waals surface area (Å²) in [6, 6.07) is 5.03. The Morgan fingerprint density at radius 1 is 1.43 bits per heavy atom. The number of halogens is 1. The van der Waals surface area contributed by atoms with Crippen molar-refractivity contribution in [3.8, 4) is 0 Å². The van der Waals surface area contributed by atoms with E-state index in [9.17, 15) is 14.3 Å². The number of carbonyl (C=O) groups is 1. The number of hydrogen-bond donors (Lipinski definition) is 1. The lowest BCUT2D eigenvalue weighted by Crippen LogP contribution is -2.33. The fourth-order valence-electron chi connectivity index (χ4n) is 1.09. The third kappa shape index (κ3) is 1.90. The van der Waals surface area contributed by atoms with E-state index in [0.717, 1.165) is 0 Å². The predicted molar refractivity (Wildman–Crippen MR) is 48.0 cm³/mol. The summed E-state index contributed by atoms with van der Waals surface area (Å²) < 4.78 is 17.0. The molecule has 1 atom stereocenters. The fraction of sp³-hybridized carbons (Fsp3) is 0.300. The molecule has 1 rings (SSSR count). The van der Waals surface area contributed by atoms with E-state index >= 15 is 0 Å². The third-order valence-electron chi connectivity index (χ3n) is 1.99. The van der Waals surface area contributed by atoms with Crippen LogP contribution in [0.15, 0.2) is 24.3 Å². The maximum atomic E-state index is 12.6. The van der Waals surface area contributed by atoms with Gasteiger partial charge >= 0.3 is 5.97 Å². The lowest BCUT2D eigenvalue weighted by atomic mass is 9.96. The predicted octanol–water partition coefficient (Wildman–Crippen LogP) is 1.21. The molecule has 14 heavy (non-hydrogen) atoms. The van der Waals surface area contributed by atoms with E-state index in [2.05, 4.69) is 4.74 Å². The highest BCUT2D eigenvalue weighted by Crippen LogP contribution is 2.21. The van der Waals surface area contributed by atoms with Crippen LogP contribution in [0.5, 0.6) is 0 Å². The Bertz CT molecular complexity index is 330. The van der Waals surface area contributed by atoms with Crippen molar-refractivity contribution in [2.75, 3.05) is 7.11 Å². The van der Waals surface area contributed by atoms with Gasteiger partial charge in [0.15, 0.2) is 5.60 Å². The molecule has 3 nitrogen and oxygen atoms in total. The first-order chi connectivity index (χ1) is 6.48. The van der Waals surface area contributed by atoms with Gasteiger partial charge in [-0.2, -0.15) is 0 Å². The summed E-state index contributed by atoms with van der Waals surface area (Å²) in [6.45, 7) is 1.30. The maximum Gasteiger partial charge on any atom is 0.342 e. The molecule has 0 aliphatic heterocycles. The molecule has 0 radical (unpaired) electrons. The Morgan fingerprint density at radius 3 is 2.36 bits per heavy atom. The van der Waals surface area contributed by atoms with Crippen molar-refractivity contribution in [3.05, 3.63) is 35.6 Å². The van der Waals surface area contributed by atoms with Crippen LogP contribution in [0, 0.1) is 5.82 Å². The largest absolute Gasteiger partial charge is 0.467 e. The normalized spacial score (nSPS) is 14.6. The monoisotopic (exact) mass is 198 g/mol. The number of aliphatic hydroxyl groups is 1. The Balaban J connectivity index is 3.03. The second-order valence-electron chi connectivity index (χ2n) is 3.07. The molecule has 4 heteroatoms. The first kappa shape index (κ1) is 10.7. The molecule has 0 bridgehead atoms. The summed E-state index contributed by atoms with van der Waals surface area (Å²) in [5.74, 6) is -1.20. The van der Waals surface area contributed by atoms with Crippen LogP contribution in [0.3, 0.4) is 0 Å². The van der Waals surface area contributed by atoms with E-state index in [-0.39, 0.29) is 0 Å². The molecular weight excluding hydrogens is 187 g/mol. The van der Waals surface area contributed by atoms with Crippen LogP contribution in [0.4, 0.5) is 4.39 Å². The van der Waals surface area contributed by atoms with Crippen molar-refractivity contribution >= 4 is 5.97 Å². The quantitative estimate of drug-likeness (QED) is 0.726. The van der Waals surface area contributed by atoms with Crippen LogP contribution in [-0.4, -0.2) is 18.2 Å². The molecule has 0 spiro atoms. The molecule has 1 aromatic carbocycles. The van der Waals surface area contributed by atoms with Crippen LogP contribution in [0.1, 0.15) is 12.5 Å². The highest BCUT2D eigenvalue weighted by Gasteiger charge is 2.33. The van der Waals surface area contributed by atoms with E-state index in [0.29, 0.717) is 5.56 Å². The van der Waals surface area contributed by atoms with Crippen molar-refractivity contribution in [1.82, 2.24) is 0 Å². The number of methoxy groups -OCH3 is 1. The average Bonchev–Trinajstić information content (AvgIpc) is 2.17. The van der Waals surface area contributed by atoms with Gasteiger partial charge in [0.25, 0.3) is 0 Å². The second kappa shape index (κ2) is 3.75. The van der Waals surface area contributed by atoms with Gasteiger partial charge in [-0.1, -0.05) is 12.1 Å². The summed E-state index contributed by atoms with van der Waals surface area (Å²) in [7, 11) is 1.18. The number of rotatable bonds is 2. The highest BCUT2D eigenvalue weighted by atomic mass is 19.1. The Labute approximate surface area is 81.1 Å². The molecule has 0 aliphatic rings. The summed E-state index contributed by atoms with van der Waals surface area (Å²) in [5, 5.41) is 9.75. The zero-order chi connectivity index (χ0) is 10.8. The zero-order valence-electron chi connectivity index (χ0n) is 7.95. The van der Waals surface area contributed by atoms with E-state index in [1.54, 1.807) is 0 Å². The molecular formula is C10H11FO3. The fourth-order valence-corrected chi connectivity index (χ4v) is 1.09. The van der Waals surface area contributed by atoms with Gasteiger partial charge < -0.3 is 9.84 Å². The van der Waals surface area contributed by atoms with Crippen LogP contribution in [0.2, 0.25) is 0 Å². The number of hydrogen-bond acceptors (Lipinski definition) is 3. The summed E-state index contributed by atoms with van der Waals surface area (Å²) >= 11 is 0. The van der Waals surface area contributed by atoms with Gasteiger partial charge in [0.1, 0.15) is 5.82 Å². The molecule has 0 aromatic heterocycles. The lowest BCUT2D eigenvalue weighted by molar-refractivity contribution is -0.161. The highest BCUT2D eigenvalue weighted by molar-refractivity contribution is 5.80. The zero-order valence-corrected chi connectivity index (χ0v) is 7.95. The van der Waals surface area contributed by atoms with Gasteiger partial charge in [0.05, 0.1) is 7.11 Å². The summed E-state index contributed by atoms with van der Waals surface area (Å²) in [5.41, 5.74) is -1.44. The van der Waals surface area contributed by atoms with Crippen molar-refractivity contribution < 1.29 is 19.0 Å². The molecule has 0 amide bonds. The Kier molecular flexibility index (Phi) is 2.86. The van der Waals surface area contributed by atoms with E-state index in [1.165, 1.54) is 38.3 Å². The topological polar surface area (TPSA) is 46.5 Å². The maximum absolute atomic E-state index is 12.6. The summed E-state index contributed by atoms with van der Waals surface area (Å²) in [4.78, 5) is 11.2. The van der Waals surface area contributed by atoms with Gasteiger partial charge in [0.2, 0.25) is 0 Å². The van der Waals surface area contributed by atoms with Gasteiger partial charge in [-0.15, -0.1) is 0 Å². The molecule has 0 saturated carbocycles. The second-order valence-corrected chi connectivity index (χ2v) is 3.07. The number of carbonyl (C=O) groups excluding carboxylic acids is 1. The van der Waals surface area contributed by atoms with Crippen molar-refractivity contribution in [1.29, 1.82) is 0 Å². The van der Waals surface area contributed by atoms with Gasteiger partial charge in [-0.25, -0.2) is 9.18 Å². The summed E-state index contributed by atoms with van der Waals surface area (Å²) in [6.07, 6.45) is 0. The smallest absolute Gasteiger partial charge is 0.342 e. The van der Waals surface area contributed by atoms with Gasteiger partial charge in [0, 0.05) is 0 Å². The van der Waals surface area contributed by atoms with Crippen molar-refractivity contribution in [2.24, 2.45) is 0 Å². The van der Waals surface area contributed by atoms with Gasteiger partial charge in [-0.3, -0.25) is 0 Å². The molecule has 0 heterocycles. The van der Waals surface area contributed by atoms with Crippen molar-refractivity contribution in [3.63, 3.8) is 0 Å². The Morgan fingerprint density at radius 2 is 1.93 bits per heavy atom. The molecule has 1 unspecified atom stereocenters. The van der Waals surface area contributed by atoms with Crippen LogP contribution >= 0.6 is 0 Å². The van der Waals surface area contributed by atoms with Crippen LogP contribution < -0.4 is 0 Å². The van der Waals surface area contributed by atoms with E-state index in [1.807, 2.05) is 0 Å². The van der Waals surface area contributed by atoms with E-state index < -0.39 is 17.4 Å².